The number of ether oxygens (including phenoxy) is 1. The lowest BCUT2D eigenvalue weighted by molar-refractivity contribution is -0.137. The molecule has 0 spiro atoms. The van der Waals surface area contributed by atoms with E-state index in [9.17, 15) is 23.2 Å². The van der Waals surface area contributed by atoms with Gasteiger partial charge in [0.2, 0.25) is 5.91 Å². The van der Waals surface area contributed by atoms with Crippen LogP contribution in [0.3, 0.4) is 0 Å². The van der Waals surface area contributed by atoms with Crippen molar-refractivity contribution in [3.05, 3.63) is 59.8 Å². The number of fused-ring (bicyclic) bond motifs is 1. The molecule has 5 rings (SSSR count). The summed E-state index contributed by atoms with van der Waals surface area (Å²) in [6, 6.07) is 10.8. The fourth-order valence-corrected chi connectivity index (χ4v) is 4.47. The SMILES string of the molecule is N#CN(C(=O)C1CCC1)c1c[nH]c2ccc(OC3CC(c4ccc(C(F)(F)F)cc4)C3)cc12. The van der Waals surface area contributed by atoms with Gasteiger partial charge in [-0.05, 0) is 67.5 Å². The van der Waals surface area contributed by atoms with Crippen LogP contribution in [-0.2, 0) is 11.0 Å². The Bertz CT molecular complexity index is 1220. The molecule has 2 saturated carbocycles. The van der Waals surface area contributed by atoms with Gasteiger partial charge in [-0.15, -0.1) is 0 Å². The van der Waals surface area contributed by atoms with Gasteiger partial charge in [0.1, 0.15) is 5.75 Å². The molecule has 1 aromatic heterocycles. The molecule has 2 fully saturated rings. The number of benzene rings is 2. The van der Waals surface area contributed by atoms with Gasteiger partial charge in [0.25, 0.3) is 0 Å². The summed E-state index contributed by atoms with van der Waals surface area (Å²) in [6.07, 6.45) is 3.38. The fraction of sp³-hybridized carbons (Fsp3) is 0.360. The third kappa shape index (κ3) is 4.04. The van der Waals surface area contributed by atoms with E-state index < -0.39 is 11.7 Å². The summed E-state index contributed by atoms with van der Waals surface area (Å²) in [5.41, 5.74) is 1.56. The highest BCUT2D eigenvalue weighted by Crippen LogP contribution is 2.41. The number of alkyl halides is 3. The van der Waals surface area contributed by atoms with E-state index in [0.717, 1.165) is 52.8 Å². The highest BCUT2D eigenvalue weighted by molar-refractivity contribution is 6.06. The van der Waals surface area contributed by atoms with Gasteiger partial charge in [-0.2, -0.15) is 18.4 Å². The summed E-state index contributed by atoms with van der Waals surface area (Å²) < 4.78 is 44.3. The number of nitrogens with one attached hydrogen (secondary N) is 1. The minimum atomic E-state index is -4.33. The normalized spacial score (nSPS) is 20.5. The second-order valence-electron chi connectivity index (χ2n) is 8.81. The number of hydrogen-bond donors (Lipinski definition) is 1. The van der Waals surface area contributed by atoms with Gasteiger partial charge in [0, 0.05) is 23.0 Å². The predicted molar refractivity (Wildman–Crippen MR) is 117 cm³/mol. The first-order valence-electron chi connectivity index (χ1n) is 11.0. The van der Waals surface area contributed by atoms with Crippen LogP contribution in [0.2, 0.25) is 0 Å². The number of halogens is 3. The highest BCUT2D eigenvalue weighted by Gasteiger charge is 2.35. The zero-order valence-electron chi connectivity index (χ0n) is 17.7. The average Bonchev–Trinajstić information content (AvgIpc) is 3.12. The molecule has 2 aromatic carbocycles. The van der Waals surface area contributed by atoms with Crippen molar-refractivity contribution in [2.75, 3.05) is 4.90 Å². The summed E-state index contributed by atoms with van der Waals surface area (Å²) in [4.78, 5) is 16.9. The molecule has 2 aliphatic rings. The summed E-state index contributed by atoms with van der Waals surface area (Å²) in [7, 11) is 0. The molecular weight excluding hydrogens is 431 g/mol. The van der Waals surface area contributed by atoms with Crippen molar-refractivity contribution in [3.63, 3.8) is 0 Å². The molecule has 5 nitrogen and oxygen atoms in total. The van der Waals surface area contributed by atoms with Crippen molar-refractivity contribution in [1.82, 2.24) is 4.98 Å². The van der Waals surface area contributed by atoms with Crippen molar-refractivity contribution < 1.29 is 22.7 Å². The molecule has 0 aliphatic heterocycles. The van der Waals surface area contributed by atoms with Crippen LogP contribution in [0.15, 0.2) is 48.7 Å². The lowest BCUT2D eigenvalue weighted by Gasteiger charge is -2.36. The van der Waals surface area contributed by atoms with Crippen LogP contribution >= 0.6 is 0 Å². The molecule has 170 valence electrons. The molecule has 2 aliphatic carbocycles. The first-order chi connectivity index (χ1) is 15.8. The Kier molecular flexibility index (Phi) is 5.28. The van der Waals surface area contributed by atoms with Crippen molar-refractivity contribution in [3.8, 4) is 11.9 Å². The van der Waals surface area contributed by atoms with Gasteiger partial charge in [-0.3, -0.25) is 4.79 Å². The van der Waals surface area contributed by atoms with Crippen LogP contribution in [0, 0.1) is 17.4 Å². The lowest BCUT2D eigenvalue weighted by atomic mass is 9.77. The Labute approximate surface area is 188 Å². The number of carbonyl (C=O) groups excluding carboxylic acids is 1. The van der Waals surface area contributed by atoms with E-state index in [1.54, 1.807) is 6.20 Å². The van der Waals surface area contributed by atoms with Gasteiger partial charge in [-0.1, -0.05) is 18.6 Å². The van der Waals surface area contributed by atoms with Crippen molar-refractivity contribution in [2.45, 2.75) is 50.3 Å². The third-order valence-electron chi connectivity index (χ3n) is 6.75. The van der Waals surface area contributed by atoms with E-state index in [4.69, 9.17) is 4.74 Å². The molecule has 0 unspecified atom stereocenters. The maximum atomic E-state index is 12.8. The average molecular weight is 453 g/mol. The van der Waals surface area contributed by atoms with Gasteiger partial charge in [0.05, 0.1) is 17.4 Å². The number of H-pyrrole nitrogens is 1. The second-order valence-corrected chi connectivity index (χ2v) is 8.81. The standard InChI is InChI=1S/C25H22F3N3O2/c26-25(27,28)18-6-4-15(5-7-18)17-10-20(11-17)33-19-8-9-22-21(12-19)23(13-30-22)31(14-29)24(32)16-2-1-3-16/h4-9,12-13,16-17,20,30H,1-3,10-11H2. The Hall–Kier alpha value is -3.47. The third-order valence-corrected chi connectivity index (χ3v) is 6.75. The number of aromatic nitrogens is 1. The van der Waals surface area contributed by atoms with Crippen LogP contribution < -0.4 is 9.64 Å². The minimum absolute atomic E-state index is 0.0409. The van der Waals surface area contributed by atoms with Crippen LogP contribution in [-0.4, -0.2) is 17.0 Å². The Morgan fingerprint density at radius 1 is 1.12 bits per heavy atom. The Morgan fingerprint density at radius 2 is 1.85 bits per heavy atom. The van der Waals surface area contributed by atoms with Crippen molar-refractivity contribution >= 4 is 22.5 Å². The quantitative estimate of drug-likeness (QED) is 0.373. The van der Waals surface area contributed by atoms with Crippen LogP contribution in [0.4, 0.5) is 18.9 Å². The fourth-order valence-electron chi connectivity index (χ4n) is 4.47. The Balaban J connectivity index is 1.26. The summed E-state index contributed by atoms with van der Waals surface area (Å²) >= 11 is 0. The molecule has 0 bridgehead atoms. The molecule has 0 saturated heterocycles. The monoisotopic (exact) mass is 453 g/mol. The molecule has 8 heteroatoms. The van der Waals surface area contributed by atoms with Gasteiger partial charge >= 0.3 is 6.18 Å². The molecule has 0 atom stereocenters. The first kappa shape index (κ1) is 21.4. The van der Waals surface area contributed by atoms with Crippen molar-refractivity contribution in [1.29, 1.82) is 5.26 Å². The zero-order valence-corrected chi connectivity index (χ0v) is 17.7. The summed E-state index contributed by atoms with van der Waals surface area (Å²) in [5.74, 6) is 0.534. The van der Waals surface area contributed by atoms with Crippen LogP contribution in [0.1, 0.15) is 49.1 Å². The molecule has 1 heterocycles. The van der Waals surface area contributed by atoms with Gasteiger partial charge < -0.3 is 9.72 Å². The largest absolute Gasteiger partial charge is 0.490 e. The number of anilines is 1. The molecule has 1 amide bonds. The Morgan fingerprint density at radius 3 is 2.45 bits per heavy atom. The summed E-state index contributed by atoms with van der Waals surface area (Å²) in [5, 5.41) is 10.3. The molecule has 1 N–H and O–H groups in total. The predicted octanol–water partition coefficient (Wildman–Crippen LogP) is 6.13. The van der Waals surface area contributed by atoms with Crippen LogP contribution in [0.5, 0.6) is 5.75 Å². The van der Waals surface area contributed by atoms with E-state index in [-0.39, 0.29) is 23.8 Å². The lowest BCUT2D eigenvalue weighted by Crippen LogP contribution is -2.35. The summed E-state index contributed by atoms with van der Waals surface area (Å²) in [6.45, 7) is 0. The van der Waals surface area contributed by atoms with E-state index in [0.29, 0.717) is 24.3 Å². The van der Waals surface area contributed by atoms with E-state index in [1.165, 1.54) is 12.1 Å². The number of carbonyl (C=O) groups is 1. The van der Waals surface area contributed by atoms with E-state index in [2.05, 4.69) is 4.98 Å². The molecule has 33 heavy (non-hydrogen) atoms. The molecule has 3 aromatic rings. The smallest absolute Gasteiger partial charge is 0.416 e. The maximum Gasteiger partial charge on any atom is 0.416 e. The number of hydrogen-bond acceptors (Lipinski definition) is 3. The zero-order chi connectivity index (χ0) is 23.2. The molecular formula is C25H22F3N3O2. The second kappa shape index (κ2) is 8.14. The number of nitriles is 1. The minimum Gasteiger partial charge on any atom is -0.490 e. The van der Waals surface area contributed by atoms with Gasteiger partial charge in [-0.25, -0.2) is 4.90 Å². The van der Waals surface area contributed by atoms with E-state index >= 15 is 0 Å². The highest BCUT2D eigenvalue weighted by atomic mass is 19.4. The van der Waals surface area contributed by atoms with Crippen LogP contribution in [0.25, 0.3) is 10.9 Å². The first-order valence-corrected chi connectivity index (χ1v) is 11.0. The van der Waals surface area contributed by atoms with Gasteiger partial charge in [0.15, 0.2) is 6.19 Å². The number of nitrogens with zero attached hydrogens (tertiary/aromatic N) is 2. The van der Waals surface area contributed by atoms with E-state index in [1.807, 2.05) is 24.4 Å². The molecule has 0 radical (unpaired) electrons. The topological polar surface area (TPSA) is 69.1 Å². The van der Waals surface area contributed by atoms with Crippen molar-refractivity contribution in [2.24, 2.45) is 5.92 Å². The number of aromatic amines is 1. The number of amides is 1. The number of rotatable bonds is 5. The maximum absolute atomic E-state index is 12.8.